The van der Waals surface area contributed by atoms with Crippen LogP contribution < -0.4 is 5.32 Å². The number of hydrogen-bond donors (Lipinski definition) is 1. The molecule has 0 unspecified atom stereocenters. The molecule has 2 aromatic carbocycles. The number of nitrogens with zero attached hydrogens (tertiary/aromatic N) is 1. The fourth-order valence-electron chi connectivity index (χ4n) is 2.44. The second-order valence-electron chi connectivity index (χ2n) is 5.47. The lowest BCUT2D eigenvalue weighted by Crippen LogP contribution is -2.30. The van der Waals surface area contributed by atoms with Crippen LogP contribution in [-0.4, -0.2) is 31.7 Å². The van der Waals surface area contributed by atoms with E-state index in [0.29, 0.717) is 23.8 Å². The van der Waals surface area contributed by atoms with Crippen LogP contribution in [0.25, 0.3) is 0 Å². The van der Waals surface area contributed by atoms with Gasteiger partial charge in [0.05, 0.1) is 11.3 Å². The summed E-state index contributed by atoms with van der Waals surface area (Å²) in [7, 11) is -3.56. The number of carbonyl (C=O) groups excluding carboxylic acids is 1. The zero-order chi connectivity index (χ0) is 18.4. The molecule has 0 aliphatic carbocycles. The van der Waals surface area contributed by atoms with Gasteiger partial charge in [0.25, 0.3) is 0 Å². The zero-order valence-corrected chi connectivity index (χ0v) is 15.8. The number of hydrogen-bond acceptors (Lipinski definition) is 3. The summed E-state index contributed by atoms with van der Waals surface area (Å²) in [6.07, 6.45) is 0.185. The van der Waals surface area contributed by atoms with Gasteiger partial charge >= 0.3 is 0 Å². The molecule has 7 heteroatoms. The number of halogens is 1. The van der Waals surface area contributed by atoms with E-state index in [1.807, 2.05) is 0 Å². The maximum Gasteiger partial charge on any atom is 0.243 e. The van der Waals surface area contributed by atoms with Crippen LogP contribution in [0.3, 0.4) is 0 Å². The van der Waals surface area contributed by atoms with E-state index in [0.717, 1.165) is 5.56 Å². The molecule has 0 heterocycles. The van der Waals surface area contributed by atoms with Gasteiger partial charge in [0.2, 0.25) is 15.9 Å². The molecule has 1 N–H and O–H groups in total. The SMILES string of the molecule is CCN(CC)S(=O)(=O)c1cccc(NC(=O)Cc2ccc(Cl)cc2)c1. The molecular weight excluding hydrogens is 360 g/mol. The van der Waals surface area contributed by atoms with Crippen LogP contribution in [-0.2, 0) is 21.2 Å². The molecule has 25 heavy (non-hydrogen) atoms. The van der Waals surface area contributed by atoms with Gasteiger partial charge in [-0.3, -0.25) is 4.79 Å². The maximum atomic E-state index is 12.6. The van der Waals surface area contributed by atoms with Crippen molar-refractivity contribution in [2.45, 2.75) is 25.2 Å². The quantitative estimate of drug-likeness (QED) is 0.798. The van der Waals surface area contributed by atoms with E-state index in [1.54, 1.807) is 50.2 Å². The van der Waals surface area contributed by atoms with Crippen molar-refractivity contribution in [1.82, 2.24) is 4.31 Å². The summed E-state index contributed by atoms with van der Waals surface area (Å²) in [4.78, 5) is 12.3. The first-order valence-electron chi connectivity index (χ1n) is 8.01. The van der Waals surface area contributed by atoms with Crippen molar-refractivity contribution in [3.05, 3.63) is 59.1 Å². The molecule has 0 bridgehead atoms. The third-order valence-electron chi connectivity index (χ3n) is 3.74. The molecule has 0 aromatic heterocycles. The Morgan fingerprint density at radius 3 is 2.32 bits per heavy atom. The van der Waals surface area contributed by atoms with Gasteiger partial charge < -0.3 is 5.32 Å². The number of rotatable bonds is 7. The maximum absolute atomic E-state index is 12.6. The molecule has 0 fully saturated rings. The van der Waals surface area contributed by atoms with E-state index in [4.69, 9.17) is 11.6 Å². The molecule has 0 saturated carbocycles. The Hall–Kier alpha value is -1.89. The van der Waals surface area contributed by atoms with Crippen LogP contribution in [0.2, 0.25) is 5.02 Å². The van der Waals surface area contributed by atoms with E-state index in [1.165, 1.54) is 16.4 Å². The van der Waals surface area contributed by atoms with Gasteiger partial charge in [0.15, 0.2) is 0 Å². The van der Waals surface area contributed by atoms with E-state index in [2.05, 4.69) is 5.32 Å². The van der Waals surface area contributed by atoms with Crippen LogP contribution in [0.4, 0.5) is 5.69 Å². The van der Waals surface area contributed by atoms with Gasteiger partial charge in [0, 0.05) is 23.8 Å². The highest BCUT2D eigenvalue weighted by Crippen LogP contribution is 2.20. The Balaban J connectivity index is 2.13. The largest absolute Gasteiger partial charge is 0.326 e. The molecule has 1 amide bonds. The summed E-state index contributed by atoms with van der Waals surface area (Å²) in [6.45, 7) is 4.37. The predicted octanol–water partition coefficient (Wildman–Crippen LogP) is 3.55. The number of carbonyl (C=O) groups is 1. The molecule has 0 atom stereocenters. The Morgan fingerprint density at radius 1 is 1.08 bits per heavy atom. The highest BCUT2D eigenvalue weighted by atomic mass is 35.5. The summed E-state index contributed by atoms with van der Waals surface area (Å²) in [6, 6.07) is 13.3. The molecule has 0 radical (unpaired) electrons. The van der Waals surface area contributed by atoms with Gasteiger partial charge in [-0.25, -0.2) is 8.42 Å². The van der Waals surface area contributed by atoms with Gasteiger partial charge in [-0.2, -0.15) is 4.31 Å². The summed E-state index contributed by atoms with van der Waals surface area (Å²) in [5.74, 6) is -0.222. The number of benzene rings is 2. The number of nitrogens with one attached hydrogen (secondary N) is 1. The second kappa shape index (κ2) is 8.47. The van der Waals surface area contributed by atoms with Crippen molar-refractivity contribution < 1.29 is 13.2 Å². The Bertz CT molecular complexity index is 832. The van der Waals surface area contributed by atoms with Crippen LogP contribution in [0.1, 0.15) is 19.4 Å². The van der Waals surface area contributed by atoms with Crippen LogP contribution in [0, 0.1) is 0 Å². The zero-order valence-electron chi connectivity index (χ0n) is 14.2. The predicted molar refractivity (Wildman–Crippen MR) is 100 cm³/mol. The van der Waals surface area contributed by atoms with E-state index >= 15 is 0 Å². The molecule has 0 saturated heterocycles. The topological polar surface area (TPSA) is 66.5 Å². The number of sulfonamides is 1. The monoisotopic (exact) mass is 380 g/mol. The first-order valence-corrected chi connectivity index (χ1v) is 9.83. The van der Waals surface area contributed by atoms with Crippen molar-refractivity contribution >= 4 is 33.2 Å². The average Bonchev–Trinajstić information content (AvgIpc) is 2.58. The molecule has 2 rings (SSSR count). The average molecular weight is 381 g/mol. The lowest BCUT2D eigenvalue weighted by Gasteiger charge is -2.18. The van der Waals surface area contributed by atoms with Gasteiger partial charge in [-0.15, -0.1) is 0 Å². The molecule has 0 aliphatic rings. The lowest BCUT2D eigenvalue weighted by molar-refractivity contribution is -0.115. The van der Waals surface area contributed by atoms with E-state index < -0.39 is 10.0 Å². The van der Waals surface area contributed by atoms with E-state index in [-0.39, 0.29) is 17.2 Å². The molecule has 2 aromatic rings. The minimum Gasteiger partial charge on any atom is -0.326 e. The minimum atomic E-state index is -3.56. The highest BCUT2D eigenvalue weighted by Gasteiger charge is 2.21. The van der Waals surface area contributed by atoms with Crippen molar-refractivity contribution in [1.29, 1.82) is 0 Å². The number of amides is 1. The summed E-state index contributed by atoms with van der Waals surface area (Å²) >= 11 is 5.83. The first kappa shape index (κ1) is 19.4. The fourth-order valence-corrected chi connectivity index (χ4v) is 4.07. The molecule has 0 aliphatic heterocycles. The second-order valence-corrected chi connectivity index (χ2v) is 7.84. The highest BCUT2D eigenvalue weighted by molar-refractivity contribution is 7.89. The van der Waals surface area contributed by atoms with Crippen LogP contribution >= 0.6 is 11.6 Å². The first-order chi connectivity index (χ1) is 11.9. The summed E-state index contributed by atoms with van der Waals surface area (Å²) in [5, 5.41) is 3.35. The van der Waals surface area contributed by atoms with E-state index in [9.17, 15) is 13.2 Å². The third kappa shape index (κ3) is 5.04. The Labute approximate surface area is 153 Å². The summed E-state index contributed by atoms with van der Waals surface area (Å²) in [5.41, 5.74) is 1.28. The number of anilines is 1. The fraction of sp³-hybridized carbons (Fsp3) is 0.278. The van der Waals surface area contributed by atoms with Gasteiger partial charge in [-0.05, 0) is 35.9 Å². The molecule has 134 valence electrons. The molecular formula is C18H21ClN2O3S. The standard InChI is InChI=1S/C18H21ClN2O3S/c1-3-21(4-2)25(23,24)17-7-5-6-16(13-17)20-18(22)12-14-8-10-15(19)11-9-14/h5-11,13H,3-4,12H2,1-2H3,(H,20,22). The van der Waals surface area contributed by atoms with Crippen molar-refractivity contribution in [2.75, 3.05) is 18.4 Å². The van der Waals surface area contributed by atoms with Gasteiger partial charge in [-0.1, -0.05) is 43.6 Å². The van der Waals surface area contributed by atoms with Gasteiger partial charge in [0.1, 0.15) is 0 Å². The molecule has 0 spiro atoms. The van der Waals surface area contributed by atoms with Crippen LogP contribution in [0.15, 0.2) is 53.4 Å². The van der Waals surface area contributed by atoms with Crippen molar-refractivity contribution in [3.8, 4) is 0 Å². The van der Waals surface area contributed by atoms with Crippen molar-refractivity contribution in [3.63, 3.8) is 0 Å². The Kier molecular flexibility index (Phi) is 6.58. The summed E-state index contributed by atoms with van der Waals surface area (Å²) < 4.78 is 26.5. The normalized spacial score (nSPS) is 11.5. The smallest absolute Gasteiger partial charge is 0.243 e. The van der Waals surface area contributed by atoms with Crippen LogP contribution in [0.5, 0.6) is 0 Å². The third-order valence-corrected chi connectivity index (χ3v) is 6.04. The van der Waals surface area contributed by atoms with Crippen molar-refractivity contribution in [2.24, 2.45) is 0 Å². The Morgan fingerprint density at radius 2 is 1.72 bits per heavy atom. The minimum absolute atomic E-state index is 0.167. The lowest BCUT2D eigenvalue weighted by atomic mass is 10.1. The molecule has 5 nitrogen and oxygen atoms in total.